The Bertz CT molecular complexity index is 236. The van der Waals surface area contributed by atoms with Crippen LogP contribution in [0.1, 0.15) is 0 Å². The number of halogens is 3. The Morgan fingerprint density at radius 3 is 1.80 bits per heavy atom. The molecular formula is C6H2Br3O. The Labute approximate surface area is 83.8 Å². The molecule has 0 saturated heterocycles. The molecule has 0 heterocycles. The van der Waals surface area contributed by atoms with Gasteiger partial charge < -0.3 is 0 Å². The zero-order valence-electron chi connectivity index (χ0n) is 4.70. The van der Waals surface area contributed by atoms with Crippen LogP contribution in [-0.4, -0.2) is 0 Å². The summed E-state index contributed by atoms with van der Waals surface area (Å²) in [4.78, 5) is 0. The van der Waals surface area contributed by atoms with Crippen molar-refractivity contribution in [3.8, 4) is 5.75 Å². The molecule has 0 amide bonds. The van der Waals surface area contributed by atoms with Gasteiger partial charge in [0, 0.05) is 25.6 Å². The van der Waals surface area contributed by atoms with Gasteiger partial charge in [0.15, 0.2) is 5.75 Å². The summed E-state index contributed by atoms with van der Waals surface area (Å²) in [7, 11) is 0. The van der Waals surface area contributed by atoms with E-state index in [9.17, 15) is 5.11 Å². The first-order valence-electron chi connectivity index (χ1n) is 2.43. The van der Waals surface area contributed by atoms with Crippen LogP contribution in [0.2, 0.25) is 0 Å². The van der Waals surface area contributed by atoms with E-state index < -0.39 is 0 Å². The first-order valence-corrected chi connectivity index (χ1v) is 4.80. The topological polar surface area (TPSA) is 19.9 Å². The molecule has 0 aliphatic heterocycles. The van der Waals surface area contributed by atoms with Crippen LogP contribution in [0.15, 0.2) is 25.6 Å². The van der Waals surface area contributed by atoms with E-state index >= 15 is 0 Å². The molecule has 0 bridgehead atoms. The normalized spacial score (nSPS) is 9.90. The van der Waals surface area contributed by atoms with Crippen LogP contribution < -0.4 is 0 Å². The van der Waals surface area contributed by atoms with E-state index in [1.165, 1.54) is 12.1 Å². The summed E-state index contributed by atoms with van der Waals surface area (Å²) in [6.45, 7) is 0. The number of hydrogen-bond acceptors (Lipinski definition) is 0. The molecule has 0 unspecified atom stereocenters. The van der Waals surface area contributed by atoms with Crippen LogP contribution in [0.5, 0.6) is 5.75 Å². The lowest BCUT2D eigenvalue weighted by Crippen LogP contribution is -1.71. The van der Waals surface area contributed by atoms with E-state index in [-0.39, 0.29) is 5.75 Å². The van der Waals surface area contributed by atoms with Crippen molar-refractivity contribution in [3.05, 3.63) is 25.6 Å². The zero-order chi connectivity index (χ0) is 7.72. The number of benzene rings is 1. The molecular weight excluding hydrogens is 328 g/mol. The second-order valence-electron chi connectivity index (χ2n) is 1.70. The van der Waals surface area contributed by atoms with Gasteiger partial charge in [-0.3, -0.25) is 5.11 Å². The third-order valence-electron chi connectivity index (χ3n) is 0.957. The fourth-order valence-electron chi connectivity index (χ4n) is 0.532. The second-order valence-corrected chi connectivity index (χ2v) is 4.20. The van der Waals surface area contributed by atoms with Crippen molar-refractivity contribution in [1.82, 2.24) is 0 Å². The van der Waals surface area contributed by atoms with Crippen LogP contribution in [-0.2, 0) is 5.11 Å². The minimum absolute atomic E-state index is 0.0121. The quantitative estimate of drug-likeness (QED) is 0.638. The van der Waals surface area contributed by atoms with Crippen molar-refractivity contribution in [2.24, 2.45) is 0 Å². The Morgan fingerprint density at radius 1 is 1.00 bits per heavy atom. The maximum Gasteiger partial charge on any atom is 0.180 e. The average molecular weight is 330 g/mol. The monoisotopic (exact) mass is 327 g/mol. The van der Waals surface area contributed by atoms with Crippen LogP contribution in [0.4, 0.5) is 0 Å². The number of rotatable bonds is 0. The molecule has 1 aromatic carbocycles. The SMILES string of the molecule is [O]c1cc(Br)c(Br)c(Br)c1. The molecule has 0 N–H and O–H groups in total. The van der Waals surface area contributed by atoms with Crippen LogP contribution >= 0.6 is 47.8 Å². The Morgan fingerprint density at radius 2 is 1.40 bits per heavy atom. The van der Waals surface area contributed by atoms with Crippen LogP contribution in [0.3, 0.4) is 0 Å². The molecule has 1 aromatic rings. The lowest BCUT2D eigenvalue weighted by molar-refractivity contribution is 0.354. The highest BCUT2D eigenvalue weighted by molar-refractivity contribution is 9.14. The molecule has 0 atom stereocenters. The van der Waals surface area contributed by atoms with Crippen molar-refractivity contribution in [3.63, 3.8) is 0 Å². The van der Waals surface area contributed by atoms with Gasteiger partial charge in [-0.05, 0) is 47.8 Å². The summed E-state index contributed by atoms with van der Waals surface area (Å²) in [5, 5.41) is 10.8. The molecule has 4 heteroatoms. The van der Waals surface area contributed by atoms with Gasteiger partial charge in [-0.2, -0.15) is 0 Å². The first kappa shape index (κ1) is 8.56. The van der Waals surface area contributed by atoms with E-state index in [1.54, 1.807) is 0 Å². The molecule has 0 fully saturated rings. The van der Waals surface area contributed by atoms with E-state index in [4.69, 9.17) is 0 Å². The predicted octanol–water partition coefficient (Wildman–Crippen LogP) is 4.12. The molecule has 1 rings (SSSR count). The van der Waals surface area contributed by atoms with Crippen molar-refractivity contribution < 1.29 is 5.11 Å². The highest BCUT2D eigenvalue weighted by atomic mass is 79.9. The highest BCUT2D eigenvalue weighted by Crippen LogP contribution is 2.34. The Kier molecular flexibility index (Phi) is 2.77. The molecule has 0 aromatic heterocycles. The van der Waals surface area contributed by atoms with Gasteiger partial charge in [0.2, 0.25) is 0 Å². The molecule has 10 heavy (non-hydrogen) atoms. The smallest absolute Gasteiger partial charge is 0.180 e. The summed E-state index contributed by atoms with van der Waals surface area (Å²) in [6, 6.07) is 3.02. The minimum Gasteiger partial charge on any atom is -0.290 e. The summed E-state index contributed by atoms with van der Waals surface area (Å²) < 4.78 is 2.41. The van der Waals surface area contributed by atoms with Crippen molar-refractivity contribution in [2.45, 2.75) is 0 Å². The third kappa shape index (κ3) is 1.74. The maximum atomic E-state index is 10.8. The van der Waals surface area contributed by atoms with E-state index in [0.29, 0.717) is 0 Å². The Hall–Kier alpha value is 0.460. The van der Waals surface area contributed by atoms with Gasteiger partial charge in [0.05, 0.1) is 0 Å². The fourth-order valence-corrected chi connectivity index (χ4v) is 1.91. The summed E-state index contributed by atoms with van der Waals surface area (Å²) >= 11 is 9.72. The fraction of sp³-hybridized carbons (Fsp3) is 0. The van der Waals surface area contributed by atoms with E-state index in [2.05, 4.69) is 47.8 Å². The Balaban J connectivity index is 3.31. The van der Waals surface area contributed by atoms with Gasteiger partial charge in [0.25, 0.3) is 0 Å². The van der Waals surface area contributed by atoms with E-state index in [1.807, 2.05) is 0 Å². The number of hydrogen-bond donors (Lipinski definition) is 0. The van der Waals surface area contributed by atoms with Crippen LogP contribution in [0, 0.1) is 0 Å². The molecule has 53 valence electrons. The molecule has 0 aliphatic carbocycles. The van der Waals surface area contributed by atoms with Gasteiger partial charge >= 0.3 is 0 Å². The summed E-state index contributed by atoms with van der Waals surface area (Å²) in [5.74, 6) is -0.0121. The van der Waals surface area contributed by atoms with Gasteiger partial charge in [0.1, 0.15) is 0 Å². The first-order chi connectivity index (χ1) is 4.61. The van der Waals surface area contributed by atoms with E-state index in [0.717, 1.165) is 13.4 Å². The zero-order valence-corrected chi connectivity index (χ0v) is 9.45. The highest BCUT2D eigenvalue weighted by Gasteiger charge is 2.03. The molecule has 1 radical (unpaired) electrons. The summed E-state index contributed by atoms with van der Waals surface area (Å²) in [5.41, 5.74) is 0. The maximum absolute atomic E-state index is 10.8. The lowest BCUT2D eigenvalue weighted by Gasteiger charge is -1.97. The molecule has 0 saturated carbocycles. The molecule has 1 nitrogen and oxygen atoms in total. The second kappa shape index (κ2) is 3.24. The van der Waals surface area contributed by atoms with Gasteiger partial charge in [-0.15, -0.1) is 0 Å². The summed E-state index contributed by atoms with van der Waals surface area (Å²) in [6.07, 6.45) is 0. The largest absolute Gasteiger partial charge is 0.290 e. The predicted molar refractivity (Wildman–Crippen MR) is 49.7 cm³/mol. The van der Waals surface area contributed by atoms with Crippen LogP contribution in [0.25, 0.3) is 0 Å². The van der Waals surface area contributed by atoms with Crippen molar-refractivity contribution in [2.75, 3.05) is 0 Å². The average Bonchev–Trinajstić information content (AvgIpc) is 1.82. The lowest BCUT2D eigenvalue weighted by atomic mass is 10.3. The van der Waals surface area contributed by atoms with Gasteiger partial charge in [-0.1, -0.05) is 0 Å². The third-order valence-corrected chi connectivity index (χ3v) is 4.13. The van der Waals surface area contributed by atoms with Crippen molar-refractivity contribution >= 4 is 47.8 Å². The van der Waals surface area contributed by atoms with Gasteiger partial charge in [-0.25, -0.2) is 0 Å². The standard InChI is InChI=1S/C6H2Br3O/c7-4-1-3(10)2-5(8)6(4)9/h1-2H. The van der Waals surface area contributed by atoms with Crippen molar-refractivity contribution in [1.29, 1.82) is 0 Å². The minimum atomic E-state index is -0.0121. The molecule has 0 aliphatic rings. The molecule has 0 spiro atoms.